The predicted octanol–water partition coefficient (Wildman–Crippen LogP) is 0.725. The van der Waals surface area contributed by atoms with E-state index >= 15 is 0 Å². The van der Waals surface area contributed by atoms with Gasteiger partial charge in [0.25, 0.3) is 0 Å². The topological polar surface area (TPSA) is 98.5 Å². The molecule has 6 nitrogen and oxygen atoms in total. The Kier molecular flexibility index (Phi) is 3.41. The first-order chi connectivity index (χ1) is 9.84. The zero-order chi connectivity index (χ0) is 15.2. The molecule has 114 valence electrons. The Morgan fingerprint density at radius 1 is 1.38 bits per heavy atom. The van der Waals surface area contributed by atoms with Gasteiger partial charge < -0.3 is 10.1 Å². The molecule has 2 aliphatic rings. The third-order valence-corrected chi connectivity index (χ3v) is 5.04. The van der Waals surface area contributed by atoms with Gasteiger partial charge >= 0.3 is 0 Å². The second-order valence-corrected chi connectivity index (χ2v) is 7.45. The maximum Gasteiger partial charge on any atom is 0.238 e. The highest BCUT2D eigenvalue weighted by molar-refractivity contribution is 7.89. The average Bonchev–Trinajstić information content (AvgIpc) is 2.78. The molecule has 0 saturated heterocycles. The lowest BCUT2D eigenvalue weighted by Gasteiger charge is -2.33. The molecule has 0 spiro atoms. The Labute approximate surface area is 123 Å². The molecule has 1 amide bonds. The van der Waals surface area contributed by atoms with Crippen LogP contribution in [0.4, 0.5) is 0 Å². The van der Waals surface area contributed by atoms with Crippen LogP contribution in [-0.4, -0.2) is 27.0 Å². The number of primary sulfonamides is 1. The lowest BCUT2D eigenvalue weighted by Crippen LogP contribution is -2.45. The number of carbonyl (C=O) groups excluding carboxylic acids is 1. The van der Waals surface area contributed by atoms with Crippen LogP contribution in [0.15, 0.2) is 23.1 Å². The monoisotopic (exact) mass is 310 g/mol. The largest absolute Gasteiger partial charge is 0.492 e. The van der Waals surface area contributed by atoms with E-state index < -0.39 is 15.9 Å². The van der Waals surface area contributed by atoms with Gasteiger partial charge in [0.1, 0.15) is 18.3 Å². The molecule has 1 heterocycles. The Morgan fingerprint density at radius 3 is 2.71 bits per heavy atom. The van der Waals surface area contributed by atoms with Gasteiger partial charge in [-0.3, -0.25) is 4.79 Å². The summed E-state index contributed by atoms with van der Waals surface area (Å²) in [6.45, 7) is 2.38. The Hall–Kier alpha value is -1.60. The van der Waals surface area contributed by atoms with Gasteiger partial charge in [0.15, 0.2) is 0 Å². The van der Waals surface area contributed by atoms with Gasteiger partial charge in [-0.05, 0) is 37.0 Å². The summed E-state index contributed by atoms with van der Waals surface area (Å²) >= 11 is 0. The van der Waals surface area contributed by atoms with Crippen molar-refractivity contribution >= 4 is 15.9 Å². The molecule has 0 aromatic heterocycles. The summed E-state index contributed by atoms with van der Waals surface area (Å²) < 4.78 is 28.3. The van der Waals surface area contributed by atoms with Gasteiger partial charge in [-0.2, -0.15) is 0 Å². The fourth-order valence-electron chi connectivity index (χ4n) is 2.91. The molecule has 0 bridgehead atoms. The first-order valence-corrected chi connectivity index (χ1v) is 8.49. The van der Waals surface area contributed by atoms with Crippen molar-refractivity contribution in [1.29, 1.82) is 0 Å². The van der Waals surface area contributed by atoms with E-state index in [4.69, 9.17) is 9.88 Å². The van der Waals surface area contributed by atoms with Gasteiger partial charge in [0, 0.05) is 11.6 Å². The number of ether oxygens (including phenoxy) is 1. The molecule has 7 heteroatoms. The lowest BCUT2D eigenvalue weighted by molar-refractivity contribution is -0.124. The molecular weight excluding hydrogens is 292 g/mol. The van der Waals surface area contributed by atoms with Crippen molar-refractivity contribution in [3.05, 3.63) is 23.8 Å². The summed E-state index contributed by atoms with van der Waals surface area (Å²) in [6, 6.07) is 4.60. The van der Waals surface area contributed by atoms with Gasteiger partial charge in [0.2, 0.25) is 15.9 Å². The smallest absolute Gasteiger partial charge is 0.238 e. The molecule has 1 aliphatic heterocycles. The number of nitrogens with one attached hydrogen (secondary N) is 1. The van der Waals surface area contributed by atoms with Crippen molar-refractivity contribution in [3.63, 3.8) is 0 Å². The summed E-state index contributed by atoms with van der Waals surface area (Å²) in [6.07, 6.45) is 1.98. The molecule has 1 fully saturated rings. The zero-order valence-electron chi connectivity index (χ0n) is 11.7. The first-order valence-electron chi connectivity index (χ1n) is 6.94. The number of nitrogens with two attached hydrogens (primary N) is 1. The molecule has 3 N–H and O–H groups in total. The van der Waals surface area contributed by atoms with Crippen LogP contribution < -0.4 is 15.2 Å². The van der Waals surface area contributed by atoms with Crippen molar-refractivity contribution in [2.24, 2.45) is 11.1 Å². The van der Waals surface area contributed by atoms with Crippen LogP contribution in [0.1, 0.15) is 31.2 Å². The number of hydrogen-bond donors (Lipinski definition) is 2. The number of fused-ring (bicyclic) bond motifs is 1. The standard InChI is InChI=1S/C14H18N2O4S/c1-8-4-9(5-8)16-14(17)12-7-20-13-3-2-10(6-11(12)13)21(15,18)19/h2-3,6,8-9,12H,4-5,7H2,1H3,(H,16,17)(H2,15,18,19). The quantitative estimate of drug-likeness (QED) is 0.859. The number of rotatable bonds is 3. The number of sulfonamides is 1. The molecule has 21 heavy (non-hydrogen) atoms. The predicted molar refractivity (Wildman–Crippen MR) is 76.4 cm³/mol. The fraction of sp³-hybridized carbons (Fsp3) is 0.500. The Balaban J connectivity index is 1.80. The molecule has 1 aromatic rings. The minimum Gasteiger partial charge on any atom is -0.492 e. The van der Waals surface area contributed by atoms with Crippen LogP contribution >= 0.6 is 0 Å². The minimum absolute atomic E-state index is 0.00168. The number of hydrogen-bond acceptors (Lipinski definition) is 4. The van der Waals surface area contributed by atoms with Gasteiger partial charge in [-0.15, -0.1) is 0 Å². The lowest BCUT2D eigenvalue weighted by atomic mass is 9.81. The average molecular weight is 310 g/mol. The molecule has 1 aliphatic carbocycles. The maximum atomic E-state index is 12.3. The van der Waals surface area contributed by atoms with Crippen molar-refractivity contribution in [2.45, 2.75) is 36.6 Å². The summed E-state index contributed by atoms with van der Waals surface area (Å²) in [5, 5.41) is 8.12. The van der Waals surface area contributed by atoms with Crippen molar-refractivity contribution < 1.29 is 17.9 Å². The van der Waals surface area contributed by atoms with Crippen molar-refractivity contribution in [2.75, 3.05) is 6.61 Å². The second kappa shape index (κ2) is 4.99. The number of amides is 1. The van der Waals surface area contributed by atoms with Crippen LogP contribution in [-0.2, 0) is 14.8 Å². The summed E-state index contributed by atoms with van der Waals surface area (Å²) in [4.78, 5) is 12.3. The SMILES string of the molecule is CC1CC(NC(=O)C2COc3ccc(S(N)(=O)=O)cc32)C1. The molecule has 1 saturated carbocycles. The first kappa shape index (κ1) is 14.3. The molecule has 0 radical (unpaired) electrons. The van der Waals surface area contributed by atoms with E-state index in [1.54, 1.807) is 6.07 Å². The third kappa shape index (κ3) is 2.75. The van der Waals surface area contributed by atoms with Crippen molar-refractivity contribution in [3.8, 4) is 5.75 Å². The van der Waals surface area contributed by atoms with Gasteiger partial charge in [-0.1, -0.05) is 6.92 Å². The maximum absolute atomic E-state index is 12.3. The van der Waals surface area contributed by atoms with E-state index in [-0.39, 0.29) is 23.5 Å². The molecule has 1 aromatic carbocycles. The number of benzene rings is 1. The highest BCUT2D eigenvalue weighted by Crippen LogP contribution is 2.36. The Bertz CT molecular complexity index is 680. The molecular formula is C14H18N2O4S. The highest BCUT2D eigenvalue weighted by atomic mass is 32.2. The minimum atomic E-state index is -3.78. The second-order valence-electron chi connectivity index (χ2n) is 5.89. The summed E-state index contributed by atoms with van der Waals surface area (Å²) in [5.41, 5.74) is 0.589. The number of carbonyl (C=O) groups is 1. The normalized spacial score (nSPS) is 27.4. The van der Waals surface area contributed by atoms with Crippen LogP contribution in [0.3, 0.4) is 0 Å². The summed E-state index contributed by atoms with van der Waals surface area (Å²) in [5.74, 6) is 0.607. The van der Waals surface area contributed by atoms with E-state index in [0.29, 0.717) is 17.2 Å². The van der Waals surface area contributed by atoms with Gasteiger partial charge in [-0.25, -0.2) is 13.6 Å². The van der Waals surface area contributed by atoms with Gasteiger partial charge in [0.05, 0.1) is 4.90 Å². The highest BCUT2D eigenvalue weighted by Gasteiger charge is 2.34. The van der Waals surface area contributed by atoms with E-state index in [9.17, 15) is 13.2 Å². The van der Waals surface area contributed by atoms with E-state index in [1.165, 1.54) is 12.1 Å². The summed E-state index contributed by atoms with van der Waals surface area (Å²) in [7, 11) is -3.78. The van der Waals surface area contributed by atoms with E-state index in [1.807, 2.05) is 0 Å². The van der Waals surface area contributed by atoms with E-state index in [2.05, 4.69) is 12.2 Å². The molecule has 3 rings (SSSR count). The molecule has 1 atom stereocenters. The fourth-order valence-corrected chi connectivity index (χ4v) is 3.46. The van der Waals surface area contributed by atoms with Crippen LogP contribution in [0.2, 0.25) is 0 Å². The van der Waals surface area contributed by atoms with Crippen LogP contribution in [0, 0.1) is 5.92 Å². The zero-order valence-corrected chi connectivity index (χ0v) is 12.5. The third-order valence-electron chi connectivity index (χ3n) is 4.13. The van der Waals surface area contributed by atoms with Crippen LogP contribution in [0.5, 0.6) is 5.75 Å². The Morgan fingerprint density at radius 2 is 2.10 bits per heavy atom. The molecule has 1 unspecified atom stereocenters. The van der Waals surface area contributed by atoms with Crippen LogP contribution in [0.25, 0.3) is 0 Å². The van der Waals surface area contributed by atoms with Crippen molar-refractivity contribution in [1.82, 2.24) is 5.32 Å². The van der Waals surface area contributed by atoms with E-state index in [0.717, 1.165) is 12.8 Å².